The number of aromatic amines is 1. The molecule has 130 valence electrons. The zero-order valence-electron chi connectivity index (χ0n) is 13.9. The summed E-state index contributed by atoms with van der Waals surface area (Å²) >= 11 is 4.64. The number of aryl methyl sites for hydroxylation is 1. The third-order valence-electron chi connectivity index (χ3n) is 2.47. The van der Waals surface area contributed by atoms with Crippen LogP contribution in [0.1, 0.15) is 67.3 Å². The van der Waals surface area contributed by atoms with E-state index in [1.165, 1.54) is 6.92 Å². The highest BCUT2D eigenvalue weighted by Crippen LogP contribution is 2.12. The van der Waals surface area contributed by atoms with Gasteiger partial charge in [-0.3, -0.25) is 4.79 Å². The molecule has 0 bridgehead atoms. The number of rotatable bonds is 7. The third kappa shape index (κ3) is 8.35. The van der Waals surface area contributed by atoms with E-state index < -0.39 is 11.9 Å². The van der Waals surface area contributed by atoms with Crippen molar-refractivity contribution in [2.45, 2.75) is 47.0 Å². The molecule has 0 fully saturated rings. The number of H-pyrrole nitrogens is 1. The van der Waals surface area contributed by atoms with Gasteiger partial charge in [0.25, 0.3) is 0 Å². The Balaban J connectivity index is 0.00000108. The second-order valence-corrected chi connectivity index (χ2v) is 4.95. The van der Waals surface area contributed by atoms with Gasteiger partial charge in [0.15, 0.2) is 11.4 Å². The number of carbonyl (C=O) groups is 3. The van der Waals surface area contributed by atoms with Gasteiger partial charge in [-0.2, -0.15) is 0 Å². The molecule has 0 aliphatic carbocycles. The second-order valence-electron chi connectivity index (χ2n) is 4.42. The van der Waals surface area contributed by atoms with Crippen LogP contribution in [0.4, 0.5) is 0 Å². The standard InChI is InChI=1S/C13H20N2O4.C2H3ClO/c1-4-7-8-9-14-10(12(16)18-5-2)11(15-9)13(17)19-6-3;1-2(3)4/h4-8H2,1-3H3,(H,14,15);1H3. The fourth-order valence-electron chi connectivity index (χ4n) is 1.58. The number of nitrogens with one attached hydrogen (secondary N) is 1. The number of nitrogens with zero attached hydrogens (tertiary/aromatic N) is 1. The van der Waals surface area contributed by atoms with E-state index in [9.17, 15) is 14.4 Å². The Labute approximate surface area is 140 Å². The lowest BCUT2D eigenvalue weighted by Gasteiger charge is -2.01. The lowest BCUT2D eigenvalue weighted by Crippen LogP contribution is -2.13. The van der Waals surface area contributed by atoms with Crippen LogP contribution in [0.3, 0.4) is 0 Å². The molecular weight excluding hydrogens is 324 g/mol. The number of ether oxygens (including phenoxy) is 2. The quantitative estimate of drug-likeness (QED) is 0.602. The average molecular weight is 347 g/mol. The second kappa shape index (κ2) is 11.6. The number of hydrogen-bond donors (Lipinski definition) is 1. The summed E-state index contributed by atoms with van der Waals surface area (Å²) in [4.78, 5) is 39.7. The summed E-state index contributed by atoms with van der Waals surface area (Å²) in [7, 11) is 0. The Morgan fingerprint density at radius 1 is 1.09 bits per heavy atom. The number of hydrogen-bond acceptors (Lipinski definition) is 6. The van der Waals surface area contributed by atoms with Crippen LogP contribution in [0.2, 0.25) is 0 Å². The summed E-state index contributed by atoms with van der Waals surface area (Å²) in [6, 6.07) is 0. The molecule has 23 heavy (non-hydrogen) atoms. The molecule has 1 aromatic rings. The van der Waals surface area contributed by atoms with E-state index in [4.69, 9.17) is 9.47 Å². The molecule has 1 aromatic heterocycles. The van der Waals surface area contributed by atoms with E-state index in [1.54, 1.807) is 13.8 Å². The fraction of sp³-hybridized carbons (Fsp3) is 0.600. The fourth-order valence-corrected chi connectivity index (χ4v) is 1.58. The molecule has 0 atom stereocenters. The topological polar surface area (TPSA) is 98.4 Å². The SMILES string of the molecule is CC(=O)Cl.CCCCc1nc(C(=O)OCC)c(C(=O)OCC)[nH]1. The van der Waals surface area contributed by atoms with Crippen molar-refractivity contribution in [3.05, 3.63) is 17.2 Å². The molecule has 0 aromatic carbocycles. The molecule has 0 amide bonds. The Hall–Kier alpha value is -1.89. The lowest BCUT2D eigenvalue weighted by molar-refractivity contribution is -0.109. The minimum Gasteiger partial charge on any atom is -0.461 e. The molecular formula is C15H23ClN2O5. The van der Waals surface area contributed by atoms with Gasteiger partial charge in [-0.05, 0) is 31.9 Å². The zero-order chi connectivity index (χ0) is 17.8. The van der Waals surface area contributed by atoms with Gasteiger partial charge < -0.3 is 14.5 Å². The highest BCUT2D eigenvalue weighted by Gasteiger charge is 2.24. The van der Waals surface area contributed by atoms with Crippen molar-refractivity contribution in [2.24, 2.45) is 0 Å². The smallest absolute Gasteiger partial charge is 0.359 e. The van der Waals surface area contributed by atoms with E-state index in [-0.39, 0.29) is 29.8 Å². The molecule has 0 radical (unpaired) electrons. The van der Waals surface area contributed by atoms with Gasteiger partial charge in [-0.1, -0.05) is 13.3 Å². The Kier molecular flexibility index (Phi) is 10.7. The third-order valence-corrected chi connectivity index (χ3v) is 2.47. The lowest BCUT2D eigenvalue weighted by atomic mass is 10.2. The summed E-state index contributed by atoms with van der Waals surface area (Å²) in [5.41, 5.74) is 0.0813. The average Bonchev–Trinajstić information content (AvgIpc) is 2.89. The summed E-state index contributed by atoms with van der Waals surface area (Å²) in [6.45, 7) is 7.23. The van der Waals surface area contributed by atoms with Crippen LogP contribution in [0.25, 0.3) is 0 Å². The van der Waals surface area contributed by atoms with Gasteiger partial charge in [-0.15, -0.1) is 0 Å². The van der Waals surface area contributed by atoms with Gasteiger partial charge >= 0.3 is 11.9 Å². The van der Waals surface area contributed by atoms with Crippen molar-refractivity contribution < 1.29 is 23.9 Å². The summed E-state index contributed by atoms with van der Waals surface area (Å²) in [5, 5.41) is -0.361. The molecule has 0 unspecified atom stereocenters. The summed E-state index contributed by atoms with van der Waals surface area (Å²) in [6.07, 6.45) is 2.62. The van der Waals surface area contributed by atoms with Crippen LogP contribution in [0, 0.1) is 0 Å². The minimum atomic E-state index is -0.607. The van der Waals surface area contributed by atoms with Gasteiger partial charge in [0.2, 0.25) is 5.24 Å². The predicted molar refractivity (Wildman–Crippen MR) is 85.6 cm³/mol. The Morgan fingerprint density at radius 2 is 1.61 bits per heavy atom. The molecule has 8 heteroatoms. The molecule has 0 saturated heterocycles. The van der Waals surface area contributed by atoms with Crippen molar-refractivity contribution in [3.63, 3.8) is 0 Å². The first-order valence-corrected chi connectivity index (χ1v) is 7.84. The Morgan fingerprint density at radius 3 is 2.09 bits per heavy atom. The molecule has 7 nitrogen and oxygen atoms in total. The molecule has 0 aliphatic heterocycles. The first-order valence-electron chi connectivity index (χ1n) is 7.46. The van der Waals surface area contributed by atoms with Crippen LogP contribution in [0.15, 0.2) is 0 Å². The van der Waals surface area contributed by atoms with E-state index in [2.05, 4.69) is 28.5 Å². The van der Waals surface area contributed by atoms with Crippen LogP contribution in [-0.2, 0) is 20.7 Å². The van der Waals surface area contributed by atoms with Gasteiger partial charge in [0.05, 0.1) is 13.2 Å². The maximum absolute atomic E-state index is 11.8. The van der Waals surface area contributed by atoms with Crippen molar-refractivity contribution in [1.82, 2.24) is 9.97 Å². The highest BCUT2D eigenvalue weighted by atomic mass is 35.5. The zero-order valence-corrected chi connectivity index (χ0v) is 14.7. The van der Waals surface area contributed by atoms with E-state index in [1.807, 2.05) is 0 Å². The first-order chi connectivity index (χ1) is 10.9. The molecule has 0 saturated carbocycles. The minimum absolute atomic E-state index is 0.00593. The monoisotopic (exact) mass is 346 g/mol. The van der Waals surface area contributed by atoms with E-state index >= 15 is 0 Å². The van der Waals surface area contributed by atoms with Crippen molar-refractivity contribution in [2.75, 3.05) is 13.2 Å². The van der Waals surface area contributed by atoms with Crippen LogP contribution >= 0.6 is 11.6 Å². The van der Waals surface area contributed by atoms with Crippen LogP contribution in [-0.4, -0.2) is 40.4 Å². The van der Waals surface area contributed by atoms with Gasteiger partial charge in [-0.25, -0.2) is 14.6 Å². The van der Waals surface area contributed by atoms with Crippen LogP contribution < -0.4 is 0 Å². The summed E-state index contributed by atoms with van der Waals surface area (Å²) in [5.74, 6) is -0.585. The van der Waals surface area contributed by atoms with Crippen molar-refractivity contribution in [1.29, 1.82) is 0 Å². The number of imidazole rings is 1. The maximum Gasteiger partial charge on any atom is 0.359 e. The van der Waals surface area contributed by atoms with Crippen molar-refractivity contribution >= 4 is 28.8 Å². The molecule has 1 N–H and O–H groups in total. The van der Waals surface area contributed by atoms with Gasteiger partial charge in [0, 0.05) is 13.3 Å². The maximum atomic E-state index is 11.8. The number of aromatic nitrogens is 2. The highest BCUT2D eigenvalue weighted by molar-refractivity contribution is 6.62. The number of esters is 2. The Bertz CT molecular complexity index is 488. The molecule has 1 heterocycles. The summed E-state index contributed by atoms with van der Waals surface area (Å²) < 4.78 is 9.78. The predicted octanol–water partition coefficient (Wildman–Crippen LogP) is 2.88. The largest absolute Gasteiger partial charge is 0.461 e. The van der Waals surface area contributed by atoms with E-state index in [0.29, 0.717) is 12.2 Å². The number of halogens is 1. The van der Waals surface area contributed by atoms with Gasteiger partial charge in [0.1, 0.15) is 5.82 Å². The number of unbranched alkanes of at least 4 members (excludes halogenated alkanes) is 1. The van der Waals surface area contributed by atoms with E-state index in [0.717, 1.165) is 12.8 Å². The molecule has 0 spiro atoms. The molecule has 1 rings (SSSR count). The first kappa shape index (κ1) is 21.1. The molecule has 0 aliphatic rings. The normalized spacial score (nSPS) is 9.61. The van der Waals surface area contributed by atoms with Crippen molar-refractivity contribution in [3.8, 4) is 0 Å². The number of carbonyl (C=O) groups excluding carboxylic acids is 3. The van der Waals surface area contributed by atoms with Crippen LogP contribution in [0.5, 0.6) is 0 Å².